The molecule has 84 valence electrons. The molecule has 2 heterocycles. The molecule has 1 aliphatic heterocycles. The van der Waals surface area contributed by atoms with E-state index in [0.717, 1.165) is 13.1 Å². The number of thiophene rings is 1. The van der Waals surface area contributed by atoms with Crippen LogP contribution in [-0.2, 0) is 0 Å². The number of piperidine rings is 1. The van der Waals surface area contributed by atoms with Crippen molar-refractivity contribution in [2.24, 2.45) is 11.7 Å². The maximum absolute atomic E-state index is 5.89. The molecule has 0 aliphatic carbocycles. The van der Waals surface area contributed by atoms with Crippen molar-refractivity contribution in [1.82, 2.24) is 4.90 Å². The second-order valence-corrected chi connectivity index (χ2v) is 5.21. The van der Waals surface area contributed by atoms with Crippen LogP contribution in [0.5, 0.6) is 0 Å². The fraction of sp³-hybridized carbons (Fsp3) is 0.667. The highest BCUT2D eigenvalue weighted by Crippen LogP contribution is 2.37. The smallest absolute Gasteiger partial charge is 0.0481 e. The Morgan fingerprint density at radius 3 is 3.07 bits per heavy atom. The van der Waals surface area contributed by atoms with E-state index < -0.39 is 0 Å². The second-order valence-electron chi connectivity index (χ2n) is 4.23. The summed E-state index contributed by atoms with van der Waals surface area (Å²) >= 11 is 1.87. The zero-order chi connectivity index (χ0) is 10.7. The number of rotatable bonds is 3. The molecule has 1 fully saturated rings. The first kappa shape index (κ1) is 11.1. The molecular formula is C12H20N2S. The summed E-state index contributed by atoms with van der Waals surface area (Å²) in [7, 11) is 0. The van der Waals surface area contributed by atoms with E-state index in [1.165, 1.54) is 24.3 Å². The van der Waals surface area contributed by atoms with E-state index in [-0.39, 0.29) is 0 Å². The van der Waals surface area contributed by atoms with Crippen molar-refractivity contribution in [3.8, 4) is 0 Å². The lowest BCUT2D eigenvalue weighted by Gasteiger charge is -2.40. The van der Waals surface area contributed by atoms with Crippen LogP contribution in [0, 0.1) is 5.92 Å². The molecule has 2 rings (SSSR count). The molecule has 2 atom stereocenters. The fourth-order valence-electron chi connectivity index (χ4n) is 2.63. The Balaban J connectivity index is 2.20. The number of nitrogens with zero attached hydrogens (tertiary/aromatic N) is 1. The van der Waals surface area contributed by atoms with Gasteiger partial charge < -0.3 is 5.73 Å². The van der Waals surface area contributed by atoms with Crippen molar-refractivity contribution < 1.29 is 0 Å². The Bertz CT molecular complexity index is 272. The molecular weight excluding hydrogens is 204 g/mol. The average Bonchev–Trinajstić information content (AvgIpc) is 2.81. The Hall–Kier alpha value is -0.380. The van der Waals surface area contributed by atoms with Crippen LogP contribution in [-0.4, -0.2) is 24.5 Å². The lowest BCUT2D eigenvalue weighted by molar-refractivity contribution is 0.105. The molecule has 1 aliphatic rings. The van der Waals surface area contributed by atoms with Gasteiger partial charge in [0.1, 0.15) is 0 Å². The van der Waals surface area contributed by atoms with Crippen LogP contribution in [0.4, 0.5) is 0 Å². The molecule has 0 spiro atoms. The minimum Gasteiger partial charge on any atom is -0.330 e. The molecule has 3 heteroatoms. The molecule has 1 aromatic heterocycles. The van der Waals surface area contributed by atoms with E-state index in [1.807, 2.05) is 11.3 Å². The van der Waals surface area contributed by atoms with Crippen molar-refractivity contribution in [3.63, 3.8) is 0 Å². The van der Waals surface area contributed by atoms with Crippen molar-refractivity contribution in [2.75, 3.05) is 19.6 Å². The predicted molar refractivity (Wildman–Crippen MR) is 66.1 cm³/mol. The summed E-state index contributed by atoms with van der Waals surface area (Å²) in [5.74, 6) is 0.650. The molecule has 0 radical (unpaired) electrons. The molecule has 2 N–H and O–H groups in total. The minimum absolute atomic E-state index is 0.578. The zero-order valence-corrected chi connectivity index (χ0v) is 10.2. The topological polar surface area (TPSA) is 29.3 Å². The Kier molecular flexibility index (Phi) is 3.78. The SMILES string of the molecule is CCN1CCC[C@H](CN)[C@H]1c1cccs1. The first-order chi connectivity index (χ1) is 7.36. The van der Waals surface area contributed by atoms with Crippen LogP contribution < -0.4 is 5.73 Å². The Morgan fingerprint density at radius 1 is 1.60 bits per heavy atom. The quantitative estimate of drug-likeness (QED) is 0.854. The molecule has 1 aromatic rings. The molecule has 1 saturated heterocycles. The molecule has 0 aromatic carbocycles. The molecule has 0 unspecified atom stereocenters. The largest absolute Gasteiger partial charge is 0.330 e. The second kappa shape index (κ2) is 5.10. The normalized spacial score (nSPS) is 28.1. The van der Waals surface area contributed by atoms with Crippen LogP contribution in [0.25, 0.3) is 0 Å². The van der Waals surface area contributed by atoms with Gasteiger partial charge in [-0.25, -0.2) is 0 Å². The van der Waals surface area contributed by atoms with Gasteiger partial charge in [-0.15, -0.1) is 11.3 Å². The summed E-state index contributed by atoms with van der Waals surface area (Å²) in [6.07, 6.45) is 2.59. The van der Waals surface area contributed by atoms with Crippen LogP contribution in [0.2, 0.25) is 0 Å². The van der Waals surface area contributed by atoms with E-state index >= 15 is 0 Å². The molecule has 15 heavy (non-hydrogen) atoms. The number of nitrogens with two attached hydrogens (primary N) is 1. The Labute approximate surface area is 96.1 Å². The van der Waals surface area contributed by atoms with Gasteiger partial charge in [-0.2, -0.15) is 0 Å². The molecule has 0 saturated carbocycles. The van der Waals surface area contributed by atoms with E-state index in [9.17, 15) is 0 Å². The molecule has 0 bridgehead atoms. The van der Waals surface area contributed by atoms with Crippen LogP contribution in [0.3, 0.4) is 0 Å². The third-order valence-corrected chi connectivity index (χ3v) is 4.35. The van der Waals surface area contributed by atoms with Gasteiger partial charge in [-0.3, -0.25) is 4.90 Å². The predicted octanol–water partition coefficient (Wildman–Crippen LogP) is 2.48. The number of hydrogen-bond acceptors (Lipinski definition) is 3. The molecule has 0 amide bonds. The van der Waals surface area contributed by atoms with Gasteiger partial charge >= 0.3 is 0 Å². The van der Waals surface area contributed by atoms with Crippen molar-refractivity contribution >= 4 is 11.3 Å². The maximum Gasteiger partial charge on any atom is 0.0481 e. The summed E-state index contributed by atoms with van der Waals surface area (Å²) < 4.78 is 0. The van der Waals surface area contributed by atoms with E-state index in [0.29, 0.717) is 12.0 Å². The van der Waals surface area contributed by atoms with Gasteiger partial charge in [-0.05, 0) is 49.8 Å². The van der Waals surface area contributed by atoms with Crippen molar-refractivity contribution in [1.29, 1.82) is 0 Å². The lowest BCUT2D eigenvalue weighted by atomic mass is 9.88. The Morgan fingerprint density at radius 2 is 2.47 bits per heavy atom. The maximum atomic E-state index is 5.89. The minimum atomic E-state index is 0.578. The first-order valence-electron chi connectivity index (χ1n) is 5.84. The standard InChI is InChI=1S/C12H20N2S/c1-2-14-7-3-5-10(9-13)12(14)11-6-4-8-15-11/h4,6,8,10,12H,2-3,5,7,9,13H2,1H3/t10-,12+/m1/s1. The van der Waals surface area contributed by atoms with Crippen molar-refractivity contribution in [2.45, 2.75) is 25.8 Å². The van der Waals surface area contributed by atoms with Gasteiger partial charge in [0.2, 0.25) is 0 Å². The van der Waals surface area contributed by atoms with Gasteiger partial charge in [-0.1, -0.05) is 13.0 Å². The zero-order valence-electron chi connectivity index (χ0n) is 9.36. The van der Waals surface area contributed by atoms with Crippen LogP contribution in [0.1, 0.15) is 30.7 Å². The van der Waals surface area contributed by atoms with Crippen LogP contribution in [0.15, 0.2) is 17.5 Å². The summed E-state index contributed by atoms with van der Waals surface area (Å²) in [6.45, 7) is 5.44. The van der Waals surface area contributed by atoms with Crippen molar-refractivity contribution in [3.05, 3.63) is 22.4 Å². The lowest BCUT2D eigenvalue weighted by Crippen LogP contribution is -2.41. The third-order valence-electron chi connectivity index (χ3n) is 3.40. The summed E-state index contributed by atoms with van der Waals surface area (Å²) in [5, 5.41) is 2.17. The average molecular weight is 224 g/mol. The highest BCUT2D eigenvalue weighted by Gasteiger charge is 2.31. The van der Waals surface area contributed by atoms with Gasteiger partial charge in [0, 0.05) is 10.9 Å². The van der Waals surface area contributed by atoms with E-state index in [4.69, 9.17) is 5.73 Å². The van der Waals surface area contributed by atoms with Gasteiger partial charge in [0.25, 0.3) is 0 Å². The summed E-state index contributed by atoms with van der Waals surface area (Å²) in [5.41, 5.74) is 5.89. The highest BCUT2D eigenvalue weighted by molar-refractivity contribution is 7.10. The molecule has 2 nitrogen and oxygen atoms in total. The van der Waals surface area contributed by atoms with E-state index in [2.05, 4.69) is 29.3 Å². The fourth-order valence-corrected chi connectivity index (χ4v) is 3.58. The summed E-state index contributed by atoms with van der Waals surface area (Å²) in [6, 6.07) is 4.98. The third kappa shape index (κ3) is 2.25. The highest BCUT2D eigenvalue weighted by atomic mass is 32.1. The monoisotopic (exact) mass is 224 g/mol. The van der Waals surface area contributed by atoms with Gasteiger partial charge in [0.15, 0.2) is 0 Å². The first-order valence-corrected chi connectivity index (χ1v) is 6.72. The number of hydrogen-bond donors (Lipinski definition) is 1. The summed E-state index contributed by atoms with van der Waals surface area (Å²) in [4.78, 5) is 4.07. The van der Waals surface area contributed by atoms with Crippen LogP contribution >= 0.6 is 11.3 Å². The van der Waals surface area contributed by atoms with E-state index in [1.54, 1.807) is 0 Å². The number of likely N-dealkylation sites (tertiary alicyclic amines) is 1. The van der Waals surface area contributed by atoms with Gasteiger partial charge in [0.05, 0.1) is 0 Å².